The van der Waals surface area contributed by atoms with Gasteiger partial charge >= 0.3 is 5.69 Å². The van der Waals surface area contributed by atoms with Crippen molar-refractivity contribution in [3.63, 3.8) is 0 Å². The summed E-state index contributed by atoms with van der Waals surface area (Å²) in [6, 6.07) is 6.68. The average molecular weight is 607 g/mol. The fraction of sp³-hybridized carbons (Fsp3) is 0.323. The number of rotatable bonds is 6. The van der Waals surface area contributed by atoms with Crippen LogP contribution in [0.25, 0.3) is 28.0 Å². The third-order valence-electron chi connectivity index (χ3n) is 7.63. The molecule has 43 heavy (non-hydrogen) atoms. The van der Waals surface area contributed by atoms with Crippen LogP contribution in [0.2, 0.25) is 0 Å². The molecule has 0 radical (unpaired) electrons. The number of benzene rings is 1. The number of carbonyl (C=O) groups excluding carboxylic acids is 1. The molecule has 4 aromatic rings. The summed E-state index contributed by atoms with van der Waals surface area (Å²) in [4.78, 5) is 43.4. The first-order chi connectivity index (χ1) is 20.4. The molecule has 3 aromatic heterocycles. The summed E-state index contributed by atoms with van der Waals surface area (Å²) in [7, 11) is -1.66. The van der Waals surface area contributed by atoms with Crippen molar-refractivity contribution in [2.45, 2.75) is 44.6 Å². The van der Waals surface area contributed by atoms with Crippen LogP contribution in [0, 0.1) is 18.6 Å². The first-order valence-corrected chi connectivity index (χ1v) is 15.4. The summed E-state index contributed by atoms with van der Waals surface area (Å²) >= 11 is 0. The summed E-state index contributed by atoms with van der Waals surface area (Å²) in [5.41, 5.74) is 0.554. The maximum absolute atomic E-state index is 16.1. The lowest BCUT2D eigenvalue weighted by Crippen LogP contribution is -2.54. The van der Waals surface area contributed by atoms with Gasteiger partial charge in [0.2, 0.25) is 5.91 Å². The highest BCUT2D eigenvalue weighted by Crippen LogP contribution is 2.35. The summed E-state index contributed by atoms with van der Waals surface area (Å²) in [5, 5.41) is 0.227. The minimum Gasteiger partial charge on any atom is -0.350 e. The van der Waals surface area contributed by atoms with Gasteiger partial charge in [-0.2, -0.15) is 4.98 Å². The Balaban J connectivity index is 1.86. The van der Waals surface area contributed by atoms with Crippen molar-refractivity contribution in [1.29, 1.82) is 0 Å². The Labute approximate surface area is 250 Å². The van der Waals surface area contributed by atoms with Gasteiger partial charge in [0.05, 0.1) is 38.0 Å². The highest BCUT2D eigenvalue weighted by atomic mass is 32.2. The van der Waals surface area contributed by atoms with E-state index >= 15 is 8.78 Å². The number of aromatic nitrogens is 4. The molecule has 9 nitrogen and oxygen atoms in total. The summed E-state index contributed by atoms with van der Waals surface area (Å²) in [6.45, 7) is 12.1. The Morgan fingerprint density at radius 1 is 1.16 bits per heavy atom. The van der Waals surface area contributed by atoms with Crippen LogP contribution in [-0.4, -0.2) is 66.5 Å². The van der Waals surface area contributed by atoms with E-state index in [0.29, 0.717) is 31.0 Å². The van der Waals surface area contributed by atoms with Crippen molar-refractivity contribution in [3.8, 4) is 16.9 Å². The molecule has 5 rings (SSSR count). The molecule has 0 spiro atoms. The fourth-order valence-corrected chi connectivity index (χ4v) is 6.31. The van der Waals surface area contributed by atoms with E-state index in [1.807, 2.05) is 32.6 Å². The first kappa shape index (κ1) is 30.1. The molecule has 0 N–H and O–H groups in total. The zero-order chi connectivity index (χ0) is 31.2. The van der Waals surface area contributed by atoms with Gasteiger partial charge in [-0.25, -0.2) is 23.1 Å². The number of amides is 1. The molecule has 0 bridgehead atoms. The van der Waals surface area contributed by atoms with Crippen molar-refractivity contribution in [1.82, 2.24) is 24.4 Å². The van der Waals surface area contributed by atoms with Gasteiger partial charge in [0.25, 0.3) is 0 Å². The summed E-state index contributed by atoms with van der Waals surface area (Å²) in [6.07, 6.45) is 4.28. The molecule has 1 aliphatic rings. The topological polar surface area (TPSA) is 101 Å². The molecule has 1 amide bonds. The highest BCUT2D eigenvalue weighted by molar-refractivity contribution is 7.84. The Morgan fingerprint density at radius 2 is 1.91 bits per heavy atom. The third-order valence-corrected chi connectivity index (χ3v) is 8.59. The maximum Gasteiger partial charge on any atom is 0.355 e. The molecule has 4 heterocycles. The van der Waals surface area contributed by atoms with E-state index in [0.717, 1.165) is 11.6 Å². The van der Waals surface area contributed by atoms with Crippen LogP contribution in [0.5, 0.6) is 0 Å². The van der Waals surface area contributed by atoms with E-state index in [1.165, 1.54) is 35.1 Å². The number of anilines is 1. The van der Waals surface area contributed by atoms with E-state index in [2.05, 4.69) is 21.5 Å². The van der Waals surface area contributed by atoms with Crippen LogP contribution in [0.1, 0.15) is 37.9 Å². The molecule has 2 atom stereocenters. The molecule has 1 saturated heterocycles. The minimum atomic E-state index is -1.66. The number of carbonyl (C=O) groups is 1. The Hall–Kier alpha value is -4.32. The smallest absolute Gasteiger partial charge is 0.350 e. The number of piperazine rings is 1. The van der Waals surface area contributed by atoms with Gasteiger partial charge in [0.1, 0.15) is 17.3 Å². The van der Waals surface area contributed by atoms with Crippen LogP contribution in [0.4, 0.5) is 14.6 Å². The van der Waals surface area contributed by atoms with Crippen LogP contribution in [0.15, 0.2) is 58.9 Å². The van der Waals surface area contributed by atoms with Gasteiger partial charge in [0.15, 0.2) is 11.5 Å². The molecule has 0 saturated carbocycles. The van der Waals surface area contributed by atoms with E-state index < -0.39 is 28.1 Å². The van der Waals surface area contributed by atoms with E-state index in [9.17, 15) is 13.8 Å². The van der Waals surface area contributed by atoms with Gasteiger partial charge in [-0.3, -0.25) is 14.0 Å². The molecule has 0 aliphatic carbocycles. The normalized spacial score (nSPS) is 16.1. The predicted molar refractivity (Wildman–Crippen MR) is 163 cm³/mol. The molecule has 1 fully saturated rings. The molecular weight excluding hydrogens is 574 g/mol. The van der Waals surface area contributed by atoms with Gasteiger partial charge in [0, 0.05) is 38.1 Å². The predicted octanol–water partition coefficient (Wildman–Crippen LogP) is 4.51. The molecule has 1 aliphatic heterocycles. The maximum atomic E-state index is 16.1. The van der Waals surface area contributed by atoms with Gasteiger partial charge in [-0.15, -0.1) is 0 Å². The number of hydrogen-bond donors (Lipinski definition) is 0. The highest BCUT2D eigenvalue weighted by Gasteiger charge is 2.31. The second kappa shape index (κ2) is 11.8. The first-order valence-electron chi connectivity index (χ1n) is 13.8. The third kappa shape index (κ3) is 5.35. The Bertz CT molecular complexity index is 1860. The lowest BCUT2D eigenvalue weighted by molar-refractivity contribution is -0.126. The van der Waals surface area contributed by atoms with Crippen molar-refractivity contribution in [3.05, 3.63) is 82.6 Å². The van der Waals surface area contributed by atoms with Crippen molar-refractivity contribution in [2.75, 3.05) is 30.8 Å². The van der Waals surface area contributed by atoms with E-state index in [4.69, 9.17) is 0 Å². The van der Waals surface area contributed by atoms with Crippen LogP contribution >= 0.6 is 0 Å². The zero-order valence-corrected chi connectivity index (χ0v) is 25.4. The Kier molecular flexibility index (Phi) is 8.24. The van der Waals surface area contributed by atoms with E-state index in [-0.39, 0.29) is 50.9 Å². The Morgan fingerprint density at radius 3 is 2.56 bits per heavy atom. The van der Waals surface area contributed by atoms with Gasteiger partial charge < -0.3 is 9.80 Å². The number of pyridine rings is 2. The SMILES string of the molecule is C=CC(=O)N1CCN(c2nc(=O)n(-c3c(C)ccnc3C(C)C)c3nc(-c4c(F)cccc4S(C)=O)c(F)cc23)[C@@H](C)C1. The largest absolute Gasteiger partial charge is 0.355 e. The lowest BCUT2D eigenvalue weighted by Gasteiger charge is -2.40. The molecular formula is C31H32F2N6O3S. The number of aryl methyl sites for hydroxylation is 1. The zero-order valence-electron chi connectivity index (χ0n) is 24.6. The molecule has 1 unspecified atom stereocenters. The number of nitrogens with zero attached hydrogens (tertiary/aromatic N) is 6. The monoisotopic (exact) mass is 606 g/mol. The van der Waals surface area contributed by atoms with Crippen molar-refractivity contribution >= 4 is 33.6 Å². The second-order valence-corrected chi connectivity index (χ2v) is 12.2. The molecule has 12 heteroatoms. The number of fused-ring (bicyclic) bond motifs is 1. The minimum absolute atomic E-state index is 0.0530. The quantitative estimate of drug-likeness (QED) is 0.298. The standard InChI is InChI=1S/C31H32F2N6O3S/c1-7-24(40)37-13-14-38(19(5)16-37)29-20-15-22(33)27(25-21(32)9-8-10-23(25)43(6)42)35-30(20)39(31(41)36-29)28-18(4)11-12-34-26(28)17(2)3/h7-12,15,17,19H,1,13-14,16H2,2-6H3/t19-,43?/m0/s1. The van der Waals surface area contributed by atoms with E-state index in [1.54, 1.807) is 17.2 Å². The van der Waals surface area contributed by atoms with Gasteiger partial charge in [-0.1, -0.05) is 26.5 Å². The number of halogens is 2. The van der Waals surface area contributed by atoms with Gasteiger partial charge in [-0.05, 0) is 55.7 Å². The van der Waals surface area contributed by atoms with Crippen LogP contribution in [0.3, 0.4) is 0 Å². The summed E-state index contributed by atoms with van der Waals surface area (Å²) in [5.74, 6) is -1.75. The average Bonchev–Trinajstić information content (AvgIpc) is 2.96. The fourth-order valence-electron chi connectivity index (χ4n) is 5.56. The van der Waals surface area contributed by atoms with Crippen LogP contribution < -0.4 is 10.6 Å². The molecule has 224 valence electrons. The van der Waals surface area contributed by atoms with Crippen molar-refractivity contribution in [2.24, 2.45) is 0 Å². The lowest BCUT2D eigenvalue weighted by atomic mass is 10.0. The second-order valence-electron chi connectivity index (χ2n) is 10.9. The number of hydrogen-bond acceptors (Lipinski definition) is 7. The van der Waals surface area contributed by atoms with Crippen molar-refractivity contribution < 1.29 is 17.8 Å². The molecule has 1 aromatic carbocycles. The summed E-state index contributed by atoms with van der Waals surface area (Å²) < 4.78 is 45.2. The van der Waals surface area contributed by atoms with Crippen LogP contribution in [-0.2, 0) is 15.6 Å².